The molecule has 0 spiro atoms. The predicted molar refractivity (Wildman–Crippen MR) is 118 cm³/mol. The Morgan fingerprint density at radius 2 is 1.77 bits per heavy atom. The van der Waals surface area contributed by atoms with E-state index in [1.165, 1.54) is 28.4 Å². The van der Waals surface area contributed by atoms with Gasteiger partial charge in [-0.1, -0.05) is 17.4 Å². The number of amides is 1. The van der Waals surface area contributed by atoms with Crippen molar-refractivity contribution in [2.24, 2.45) is 0 Å². The number of carbonyl (C=O) groups is 1. The van der Waals surface area contributed by atoms with Crippen molar-refractivity contribution < 1.29 is 17.6 Å². The number of benzene rings is 2. The molecule has 0 radical (unpaired) electrons. The highest BCUT2D eigenvalue weighted by Gasteiger charge is 2.27. The number of fused-ring (bicyclic) bond motifs is 1. The van der Waals surface area contributed by atoms with Crippen LogP contribution in [-0.4, -0.2) is 57.1 Å². The third-order valence-corrected chi connectivity index (χ3v) is 7.25. The summed E-state index contributed by atoms with van der Waals surface area (Å²) >= 11 is 1.37. The predicted octanol–water partition coefficient (Wildman–Crippen LogP) is 3.42. The molecule has 3 aromatic rings. The molecule has 0 bridgehead atoms. The van der Waals surface area contributed by atoms with Crippen LogP contribution in [0.5, 0.6) is 0 Å². The molecule has 160 valence electrons. The summed E-state index contributed by atoms with van der Waals surface area (Å²) < 4.78 is 39.5. The van der Waals surface area contributed by atoms with Crippen molar-refractivity contribution in [1.82, 2.24) is 9.88 Å². The molecule has 9 heteroatoms. The van der Waals surface area contributed by atoms with Crippen molar-refractivity contribution in [2.45, 2.75) is 18.7 Å². The molecule has 1 amide bonds. The van der Waals surface area contributed by atoms with Gasteiger partial charge in [0.15, 0.2) is 15.0 Å². The molecule has 3 rings (SSSR count). The molecule has 1 aromatic heterocycles. The van der Waals surface area contributed by atoms with E-state index in [1.54, 1.807) is 0 Å². The zero-order valence-electron chi connectivity index (χ0n) is 17.3. The Balaban J connectivity index is 1.94. The maximum Gasteiger partial charge on any atom is 0.244 e. The topological polar surface area (TPSA) is 70.6 Å². The molecular weight excluding hydrogens is 425 g/mol. The highest BCUT2D eigenvalue weighted by atomic mass is 32.2. The van der Waals surface area contributed by atoms with Gasteiger partial charge in [-0.15, -0.1) is 0 Å². The normalized spacial score (nSPS) is 11.9. The van der Waals surface area contributed by atoms with Crippen LogP contribution in [0, 0.1) is 19.7 Å². The zero-order valence-corrected chi connectivity index (χ0v) is 19.0. The van der Waals surface area contributed by atoms with Gasteiger partial charge < -0.3 is 4.90 Å². The van der Waals surface area contributed by atoms with Gasteiger partial charge in [-0.2, -0.15) is 0 Å². The Bertz CT molecular complexity index is 1170. The van der Waals surface area contributed by atoms with Gasteiger partial charge in [0.1, 0.15) is 11.6 Å². The minimum Gasteiger partial charge on any atom is -0.308 e. The molecule has 1 heterocycles. The second-order valence-electron chi connectivity index (χ2n) is 7.49. The van der Waals surface area contributed by atoms with Crippen LogP contribution in [0.1, 0.15) is 11.1 Å². The smallest absolute Gasteiger partial charge is 0.244 e. The van der Waals surface area contributed by atoms with Crippen LogP contribution in [0.2, 0.25) is 0 Å². The van der Waals surface area contributed by atoms with Gasteiger partial charge in [-0.05, 0) is 69.4 Å². The SMILES string of the molecule is Cc1cc(C)c2nc(N(CCN(C)C)C(=O)CS(=O)(=O)c3ccc(F)cc3)sc2c1. The van der Waals surface area contributed by atoms with Gasteiger partial charge in [0, 0.05) is 13.1 Å². The number of thiazole rings is 1. The second-order valence-corrected chi connectivity index (χ2v) is 10.5. The summed E-state index contributed by atoms with van der Waals surface area (Å²) in [6.07, 6.45) is 0. The number of rotatable bonds is 7. The summed E-state index contributed by atoms with van der Waals surface area (Å²) in [6, 6.07) is 8.52. The van der Waals surface area contributed by atoms with Crippen LogP contribution in [0.3, 0.4) is 0 Å². The maximum atomic E-state index is 13.1. The van der Waals surface area contributed by atoms with E-state index in [0.29, 0.717) is 18.2 Å². The molecule has 0 fully saturated rings. The monoisotopic (exact) mass is 449 g/mol. The van der Waals surface area contributed by atoms with Crippen molar-refractivity contribution in [3.05, 3.63) is 53.3 Å². The van der Waals surface area contributed by atoms with Crippen LogP contribution in [0.15, 0.2) is 41.3 Å². The number of likely N-dealkylation sites (N-methyl/N-ethyl adjacent to an activating group) is 1. The van der Waals surface area contributed by atoms with Gasteiger partial charge in [0.25, 0.3) is 0 Å². The van der Waals surface area contributed by atoms with Crippen LogP contribution in [0.25, 0.3) is 10.2 Å². The van der Waals surface area contributed by atoms with Crippen molar-refractivity contribution in [2.75, 3.05) is 37.8 Å². The van der Waals surface area contributed by atoms with Crippen LogP contribution < -0.4 is 4.90 Å². The highest BCUT2D eigenvalue weighted by Crippen LogP contribution is 2.32. The lowest BCUT2D eigenvalue weighted by Gasteiger charge is -2.22. The van der Waals surface area contributed by atoms with E-state index in [9.17, 15) is 17.6 Å². The van der Waals surface area contributed by atoms with E-state index in [4.69, 9.17) is 0 Å². The Kier molecular flexibility index (Phi) is 6.54. The minimum absolute atomic E-state index is 0.0828. The first-order valence-electron chi connectivity index (χ1n) is 9.38. The maximum absolute atomic E-state index is 13.1. The van der Waals surface area contributed by atoms with E-state index < -0.39 is 27.3 Å². The summed E-state index contributed by atoms with van der Waals surface area (Å²) in [7, 11) is -0.150. The number of hydrogen-bond donors (Lipinski definition) is 0. The number of aromatic nitrogens is 1. The first kappa shape index (κ1) is 22.3. The lowest BCUT2D eigenvalue weighted by atomic mass is 10.1. The summed E-state index contributed by atoms with van der Waals surface area (Å²) in [4.78, 5) is 21.0. The number of sulfone groups is 1. The van der Waals surface area contributed by atoms with Crippen molar-refractivity contribution >= 4 is 42.4 Å². The highest BCUT2D eigenvalue weighted by molar-refractivity contribution is 7.92. The second kappa shape index (κ2) is 8.79. The number of nitrogens with zero attached hydrogens (tertiary/aromatic N) is 3. The van der Waals surface area contributed by atoms with E-state index in [1.807, 2.05) is 45.0 Å². The number of carbonyl (C=O) groups excluding carboxylic acids is 1. The fourth-order valence-electron chi connectivity index (χ4n) is 3.07. The lowest BCUT2D eigenvalue weighted by Crippen LogP contribution is -2.40. The molecule has 30 heavy (non-hydrogen) atoms. The molecule has 0 aliphatic heterocycles. The largest absolute Gasteiger partial charge is 0.308 e. The first-order valence-corrected chi connectivity index (χ1v) is 11.8. The van der Waals surface area contributed by atoms with E-state index in [2.05, 4.69) is 4.98 Å². The molecule has 6 nitrogen and oxygen atoms in total. The Morgan fingerprint density at radius 3 is 2.40 bits per heavy atom. The van der Waals surface area contributed by atoms with E-state index >= 15 is 0 Å². The molecule has 2 aromatic carbocycles. The zero-order chi connectivity index (χ0) is 22.1. The third kappa shape index (κ3) is 5.03. The molecule has 0 unspecified atom stereocenters. The molecule has 0 atom stereocenters. The van der Waals surface area contributed by atoms with Gasteiger partial charge in [-0.25, -0.2) is 17.8 Å². The lowest BCUT2D eigenvalue weighted by molar-refractivity contribution is -0.116. The van der Waals surface area contributed by atoms with Gasteiger partial charge >= 0.3 is 0 Å². The molecule has 0 saturated carbocycles. The molecule has 0 aliphatic rings. The Hall–Kier alpha value is -2.36. The first-order chi connectivity index (χ1) is 14.1. The van der Waals surface area contributed by atoms with E-state index in [0.717, 1.165) is 33.5 Å². The van der Waals surface area contributed by atoms with Gasteiger partial charge in [0.2, 0.25) is 5.91 Å². The average Bonchev–Trinajstić information content (AvgIpc) is 3.05. The third-order valence-electron chi connectivity index (χ3n) is 4.61. The summed E-state index contributed by atoms with van der Waals surface area (Å²) in [5, 5.41) is 0.472. The van der Waals surface area contributed by atoms with Gasteiger partial charge in [0.05, 0.1) is 15.1 Å². The summed E-state index contributed by atoms with van der Waals surface area (Å²) in [5.41, 5.74) is 2.91. The standard InChI is InChI=1S/C21H24FN3O3S2/c1-14-11-15(2)20-18(12-14)29-21(23-20)25(10-9-24(3)4)19(26)13-30(27,28)17-7-5-16(22)6-8-17/h5-8,11-12H,9-10,13H2,1-4H3. The van der Waals surface area contributed by atoms with E-state index in [-0.39, 0.29) is 4.90 Å². The molecule has 0 aliphatic carbocycles. The van der Waals surface area contributed by atoms with Crippen LogP contribution in [0.4, 0.5) is 9.52 Å². The van der Waals surface area contributed by atoms with Crippen molar-refractivity contribution in [3.63, 3.8) is 0 Å². The number of halogens is 1. The quantitative estimate of drug-likeness (QED) is 0.517. The van der Waals surface area contributed by atoms with Crippen LogP contribution in [-0.2, 0) is 14.6 Å². The van der Waals surface area contributed by atoms with Crippen LogP contribution >= 0.6 is 11.3 Å². The number of anilines is 1. The Labute approximate surface area is 179 Å². The number of aryl methyl sites for hydroxylation is 2. The minimum atomic E-state index is -3.91. The van der Waals surface area contributed by atoms with Crippen molar-refractivity contribution in [3.8, 4) is 0 Å². The fourth-order valence-corrected chi connectivity index (χ4v) is 5.45. The fraction of sp³-hybridized carbons (Fsp3) is 0.333. The molecular formula is C21H24FN3O3S2. The Morgan fingerprint density at radius 1 is 1.10 bits per heavy atom. The molecule has 0 N–H and O–H groups in total. The number of hydrogen-bond acceptors (Lipinski definition) is 6. The average molecular weight is 450 g/mol. The van der Waals surface area contributed by atoms with Gasteiger partial charge in [-0.3, -0.25) is 9.69 Å². The summed E-state index contributed by atoms with van der Waals surface area (Å²) in [5.74, 6) is -1.80. The molecule has 0 saturated heterocycles. The summed E-state index contributed by atoms with van der Waals surface area (Å²) in [6.45, 7) is 4.82. The van der Waals surface area contributed by atoms with Crippen molar-refractivity contribution in [1.29, 1.82) is 0 Å².